The van der Waals surface area contributed by atoms with Crippen LogP contribution in [0.5, 0.6) is 0 Å². The number of hydrogen-bond acceptors (Lipinski definition) is 5. The van der Waals surface area contributed by atoms with E-state index in [1.165, 1.54) is 0 Å². The summed E-state index contributed by atoms with van der Waals surface area (Å²) < 4.78 is 29.2. The third kappa shape index (κ3) is 5.51. The fourth-order valence-corrected chi connectivity index (χ4v) is 4.34. The van der Waals surface area contributed by atoms with E-state index < -0.39 is 15.3 Å². The fraction of sp³-hybridized carbons (Fsp3) is 0.786. The number of halogens is 1. The van der Waals surface area contributed by atoms with Crippen LogP contribution in [0.4, 0.5) is 0 Å². The Labute approximate surface area is 166 Å². The summed E-state index contributed by atoms with van der Waals surface area (Å²) in [6.07, 6.45) is 0.589. The molecule has 0 saturated carbocycles. The van der Waals surface area contributed by atoms with Crippen LogP contribution in [0.15, 0.2) is 4.99 Å². The van der Waals surface area contributed by atoms with Crippen molar-refractivity contribution in [3.05, 3.63) is 11.6 Å². The Balaban J connectivity index is 0.00000312. The van der Waals surface area contributed by atoms with E-state index in [9.17, 15) is 8.42 Å². The molecule has 25 heavy (non-hydrogen) atoms. The molecule has 0 radical (unpaired) electrons. The van der Waals surface area contributed by atoms with Crippen molar-refractivity contribution in [1.82, 2.24) is 29.7 Å². The molecule has 1 saturated heterocycles. The van der Waals surface area contributed by atoms with Crippen LogP contribution in [0, 0.1) is 6.92 Å². The number of hydrogen-bond donors (Lipinski definition) is 2. The van der Waals surface area contributed by atoms with Crippen molar-refractivity contribution in [1.29, 1.82) is 0 Å². The Hall–Kier alpha value is -0.950. The van der Waals surface area contributed by atoms with Gasteiger partial charge in [0.2, 0.25) is 10.0 Å². The SMILES string of the molecule is CN=C(NCc1nnc(C)n1C)N1CCC(S(=O)(=O)NC(C)C)C1.I. The number of likely N-dealkylation sites (tertiary alicyclic amines) is 1. The monoisotopic (exact) mass is 485 g/mol. The van der Waals surface area contributed by atoms with Crippen LogP contribution in [0.3, 0.4) is 0 Å². The molecule has 2 heterocycles. The van der Waals surface area contributed by atoms with Crippen LogP contribution in [-0.4, -0.2) is 65.5 Å². The van der Waals surface area contributed by atoms with Gasteiger partial charge in [-0.2, -0.15) is 0 Å². The Bertz CT molecular complexity index is 702. The van der Waals surface area contributed by atoms with Gasteiger partial charge in [-0.3, -0.25) is 4.99 Å². The molecule has 2 rings (SSSR count). The van der Waals surface area contributed by atoms with Gasteiger partial charge in [-0.15, -0.1) is 34.2 Å². The fourth-order valence-electron chi connectivity index (χ4n) is 2.69. The number of rotatable bonds is 5. The zero-order valence-electron chi connectivity index (χ0n) is 15.4. The number of guanidine groups is 1. The highest BCUT2D eigenvalue weighted by Gasteiger charge is 2.34. The van der Waals surface area contributed by atoms with E-state index in [-0.39, 0.29) is 30.0 Å². The lowest BCUT2D eigenvalue weighted by Gasteiger charge is -2.22. The zero-order chi connectivity index (χ0) is 17.9. The first-order valence-corrected chi connectivity index (χ1v) is 9.60. The van der Waals surface area contributed by atoms with Crippen molar-refractivity contribution in [2.24, 2.45) is 12.0 Å². The summed E-state index contributed by atoms with van der Waals surface area (Å²) in [5.41, 5.74) is 0. The Morgan fingerprint density at radius 3 is 2.60 bits per heavy atom. The van der Waals surface area contributed by atoms with Crippen molar-refractivity contribution >= 4 is 40.0 Å². The molecular weight excluding hydrogens is 457 g/mol. The Morgan fingerprint density at radius 2 is 2.08 bits per heavy atom. The molecule has 0 amide bonds. The van der Waals surface area contributed by atoms with Crippen molar-refractivity contribution in [2.45, 2.75) is 45.0 Å². The lowest BCUT2D eigenvalue weighted by atomic mass is 10.4. The predicted molar refractivity (Wildman–Crippen MR) is 109 cm³/mol. The summed E-state index contributed by atoms with van der Waals surface area (Å²) in [6, 6.07) is -0.0966. The number of aliphatic imine (C=N–C) groups is 1. The Morgan fingerprint density at radius 1 is 1.40 bits per heavy atom. The predicted octanol–water partition coefficient (Wildman–Crippen LogP) is 0.219. The maximum Gasteiger partial charge on any atom is 0.216 e. The van der Waals surface area contributed by atoms with Crippen molar-refractivity contribution in [3.8, 4) is 0 Å². The number of sulfonamides is 1. The van der Waals surface area contributed by atoms with Gasteiger partial charge in [0.1, 0.15) is 5.82 Å². The first kappa shape index (κ1) is 22.1. The summed E-state index contributed by atoms with van der Waals surface area (Å²) in [5, 5.41) is 10.9. The maximum atomic E-state index is 12.3. The smallest absolute Gasteiger partial charge is 0.216 e. The van der Waals surface area contributed by atoms with Crippen LogP contribution in [0.1, 0.15) is 31.9 Å². The van der Waals surface area contributed by atoms with Gasteiger partial charge >= 0.3 is 0 Å². The second-order valence-corrected chi connectivity index (χ2v) is 8.29. The molecule has 11 heteroatoms. The Kier molecular flexibility index (Phi) is 8.06. The maximum absolute atomic E-state index is 12.3. The molecule has 0 aromatic carbocycles. The highest BCUT2D eigenvalue weighted by Crippen LogP contribution is 2.17. The topological polar surface area (TPSA) is 105 Å². The molecule has 1 fully saturated rings. The van der Waals surface area contributed by atoms with E-state index in [1.54, 1.807) is 7.05 Å². The number of aromatic nitrogens is 3. The van der Waals surface area contributed by atoms with Gasteiger partial charge in [-0.25, -0.2) is 13.1 Å². The minimum atomic E-state index is -3.31. The standard InChI is InChI=1S/C14H27N7O2S.HI/c1-10(2)19-24(22,23)12-6-7-21(9-12)14(15-4)16-8-13-18-17-11(3)20(13)5;/h10,12,19H,6-9H2,1-5H3,(H,15,16);1H. The molecule has 144 valence electrons. The summed E-state index contributed by atoms with van der Waals surface area (Å²) in [6.45, 7) is 7.12. The molecule has 0 bridgehead atoms. The van der Waals surface area contributed by atoms with Crippen LogP contribution in [-0.2, 0) is 23.6 Å². The van der Waals surface area contributed by atoms with Crippen LogP contribution >= 0.6 is 24.0 Å². The summed E-state index contributed by atoms with van der Waals surface area (Å²) in [5.74, 6) is 2.32. The molecule has 9 nitrogen and oxygen atoms in total. The molecule has 0 aliphatic carbocycles. The number of aryl methyl sites for hydroxylation is 1. The first-order valence-electron chi connectivity index (χ1n) is 8.06. The lowest BCUT2D eigenvalue weighted by Crippen LogP contribution is -2.43. The second-order valence-electron chi connectivity index (χ2n) is 6.30. The largest absolute Gasteiger partial charge is 0.349 e. The van der Waals surface area contributed by atoms with Gasteiger partial charge in [-0.1, -0.05) is 0 Å². The van der Waals surface area contributed by atoms with Gasteiger partial charge < -0.3 is 14.8 Å². The van der Waals surface area contributed by atoms with Crippen molar-refractivity contribution in [3.63, 3.8) is 0 Å². The molecular formula is C14H28IN7O2S. The highest BCUT2D eigenvalue weighted by molar-refractivity contribution is 14.0. The molecule has 1 aliphatic rings. The molecule has 1 aromatic rings. The van der Waals surface area contributed by atoms with E-state index in [2.05, 4.69) is 25.2 Å². The summed E-state index contributed by atoms with van der Waals surface area (Å²) >= 11 is 0. The van der Waals surface area contributed by atoms with Crippen LogP contribution in [0.25, 0.3) is 0 Å². The van der Waals surface area contributed by atoms with Crippen molar-refractivity contribution < 1.29 is 8.42 Å². The summed E-state index contributed by atoms with van der Waals surface area (Å²) in [7, 11) is 0.295. The van der Waals surface area contributed by atoms with Gasteiger partial charge in [0.05, 0.1) is 11.8 Å². The molecule has 1 atom stereocenters. The van der Waals surface area contributed by atoms with E-state index in [1.807, 2.05) is 37.3 Å². The average Bonchev–Trinajstić information content (AvgIpc) is 3.09. The minimum Gasteiger partial charge on any atom is -0.349 e. The van der Waals surface area contributed by atoms with Gasteiger partial charge in [0.15, 0.2) is 11.8 Å². The molecule has 1 unspecified atom stereocenters. The highest BCUT2D eigenvalue weighted by atomic mass is 127. The quantitative estimate of drug-likeness (QED) is 0.351. The van der Waals surface area contributed by atoms with Crippen molar-refractivity contribution in [2.75, 3.05) is 20.1 Å². The van der Waals surface area contributed by atoms with Crippen LogP contribution in [0.2, 0.25) is 0 Å². The molecule has 1 aliphatic heterocycles. The summed E-state index contributed by atoms with van der Waals surface area (Å²) in [4.78, 5) is 6.22. The van der Waals surface area contributed by atoms with E-state index in [0.29, 0.717) is 32.0 Å². The van der Waals surface area contributed by atoms with E-state index in [4.69, 9.17) is 0 Å². The van der Waals surface area contributed by atoms with E-state index in [0.717, 1.165) is 11.6 Å². The molecule has 0 spiro atoms. The van der Waals surface area contributed by atoms with Gasteiger partial charge in [-0.05, 0) is 27.2 Å². The van der Waals surface area contributed by atoms with Crippen LogP contribution < -0.4 is 10.0 Å². The lowest BCUT2D eigenvalue weighted by molar-refractivity contribution is 0.487. The average molecular weight is 485 g/mol. The zero-order valence-corrected chi connectivity index (χ0v) is 18.5. The normalized spacial score (nSPS) is 18.6. The molecule has 2 N–H and O–H groups in total. The third-order valence-corrected chi connectivity index (χ3v) is 6.14. The van der Waals surface area contributed by atoms with Gasteiger partial charge in [0, 0.05) is 33.2 Å². The van der Waals surface area contributed by atoms with E-state index >= 15 is 0 Å². The first-order chi connectivity index (χ1) is 11.2. The van der Waals surface area contributed by atoms with Gasteiger partial charge in [0.25, 0.3) is 0 Å². The minimum absolute atomic E-state index is 0. The molecule has 1 aromatic heterocycles. The second kappa shape index (κ2) is 9.12. The number of nitrogens with one attached hydrogen (secondary N) is 2. The number of nitrogens with zero attached hydrogens (tertiary/aromatic N) is 5. The third-order valence-electron chi connectivity index (χ3n) is 4.08.